The molecule has 1 unspecified atom stereocenters. The van der Waals surface area contributed by atoms with Gasteiger partial charge in [0.1, 0.15) is 0 Å². The monoisotopic (exact) mass is 380 g/mol. The number of aryl methyl sites for hydroxylation is 1. The molecule has 1 aromatic carbocycles. The highest BCUT2D eigenvalue weighted by Crippen LogP contribution is 2.16. The van der Waals surface area contributed by atoms with Crippen molar-refractivity contribution in [3.8, 4) is 0 Å². The maximum absolute atomic E-state index is 11.9. The standard InChI is InChI=1S/C19H32N4O2S/c1-5-26(24,25)23-12-10-18(11-13-23)22-19(20-4)21-14-16(3)17-8-6-15(2)7-9-17/h6-9,16,18H,5,10-14H2,1-4H3,(H2,20,21,22). The first-order chi connectivity index (χ1) is 12.4. The third kappa shape index (κ3) is 5.71. The Kier molecular flexibility index (Phi) is 7.46. The summed E-state index contributed by atoms with van der Waals surface area (Å²) in [6, 6.07) is 8.86. The van der Waals surface area contributed by atoms with Gasteiger partial charge in [-0.3, -0.25) is 4.99 Å². The van der Waals surface area contributed by atoms with E-state index in [9.17, 15) is 8.42 Å². The average Bonchev–Trinajstić information content (AvgIpc) is 2.65. The van der Waals surface area contributed by atoms with Crippen LogP contribution >= 0.6 is 0 Å². The van der Waals surface area contributed by atoms with Gasteiger partial charge in [0.15, 0.2) is 5.96 Å². The number of piperidine rings is 1. The molecule has 0 radical (unpaired) electrons. The van der Waals surface area contributed by atoms with Crippen LogP contribution in [0.4, 0.5) is 0 Å². The minimum atomic E-state index is -3.07. The van der Waals surface area contributed by atoms with Crippen molar-refractivity contribution in [1.29, 1.82) is 0 Å². The highest BCUT2D eigenvalue weighted by atomic mass is 32.2. The van der Waals surface area contributed by atoms with Crippen molar-refractivity contribution in [2.24, 2.45) is 4.99 Å². The molecule has 2 rings (SSSR count). The SMILES string of the molecule is CCS(=O)(=O)N1CCC(NC(=NC)NCC(C)c2ccc(C)cc2)CC1. The maximum Gasteiger partial charge on any atom is 0.213 e. The molecule has 2 N–H and O–H groups in total. The fourth-order valence-electron chi connectivity index (χ4n) is 3.11. The lowest BCUT2D eigenvalue weighted by Gasteiger charge is -2.32. The van der Waals surface area contributed by atoms with Crippen molar-refractivity contribution < 1.29 is 8.42 Å². The van der Waals surface area contributed by atoms with Gasteiger partial charge in [0.2, 0.25) is 10.0 Å². The number of nitrogens with zero attached hydrogens (tertiary/aromatic N) is 2. The fourth-order valence-corrected chi connectivity index (χ4v) is 4.24. The maximum atomic E-state index is 11.9. The second kappa shape index (κ2) is 9.37. The number of benzene rings is 1. The van der Waals surface area contributed by atoms with Crippen molar-refractivity contribution in [3.05, 3.63) is 35.4 Å². The largest absolute Gasteiger partial charge is 0.356 e. The quantitative estimate of drug-likeness (QED) is 0.585. The van der Waals surface area contributed by atoms with Gasteiger partial charge in [-0.15, -0.1) is 0 Å². The summed E-state index contributed by atoms with van der Waals surface area (Å²) in [5.74, 6) is 1.33. The number of hydrogen-bond donors (Lipinski definition) is 2. The molecule has 0 aliphatic carbocycles. The van der Waals surface area contributed by atoms with E-state index in [2.05, 4.69) is 53.7 Å². The van der Waals surface area contributed by atoms with Gasteiger partial charge < -0.3 is 10.6 Å². The summed E-state index contributed by atoms with van der Waals surface area (Å²) < 4.78 is 25.5. The molecule has 0 spiro atoms. The van der Waals surface area contributed by atoms with E-state index in [-0.39, 0.29) is 11.8 Å². The van der Waals surface area contributed by atoms with Crippen LogP contribution in [0, 0.1) is 6.92 Å². The van der Waals surface area contributed by atoms with Gasteiger partial charge in [-0.2, -0.15) is 0 Å². The number of guanidine groups is 1. The molecule has 1 aromatic rings. The first kappa shape index (κ1) is 20.7. The van der Waals surface area contributed by atoms with Crippen molar-refractivity contribution in [2.45, 2.75) is 45.6 Å². The number of hydrogen-bond acceptors (Lipinski definition) is 3. The zero-order valence-electron chi connectivity index (χ0n) is 16.3. The van der Waals surface area contributed by atoms with E-state index < -0.39 is 10.0 Å². The normalized spacial score (nSPS) is 18.5. The first-order valence-corrected chi connectivity index (χ1v) is 11.0. The Morgan fingerprint density at radius 2 is 1.88 bits per heavy atom. The van der Waals surface area contributed by atoms with Gasteiger partial charge in [-0.05, 0) is 38.2 Å². The zero-order valence-corrected chi connectivity index (χ0v) is 17.1. The van der Waals surface area contributed by atoms with Crippen molar-refractivity contribution in [1.82, 2.24) is 14.9 Å². The third-order valence-corrected chi connectivity index (χ3v) is 6.88. The molecule has 0 bridgehead atoms. The molecule has 1 heterocycles. The molecule has 0 amide bonds. The van der Waals surface area contributed by atoms with Gasteiger partial charge in [0.25, 0.3) is 0 Å². The minimum Gasteiger partial charge on any atom is -0.356 e. The molecular weight excluding hydrogens is 348 g/mol. The fraction of sp³-hybridized carbons (Fsp3) is 0.632. The van der Waals surface area contributed by atoms with Crippen molar-refractivity contribution in [2.75, 3.05) is 32.4 Å². The Morgan fingerprint density at radius 3 is 2.42 bits per heavy atom. The third-order valence-electron chi connectivity index (χ3n) is 5.00. The second-order valence-electron chi connectivity index (χ2n) is 6.98. The van der Waals surface area contributed by atoms with Crippen molar-refractivity contribution >= 4 is 16.0 Å². The van der Waals surface area contributed by atoms with Crippen LogP contribution in [-0.4, -0.2) is 57.2 Å². The van der Waals surface area contributed by atoms with E-state index in [0.29, 0.717) is 19.0 Å². The Morgan fingerprint density at radius 1 is 1.27 bits per heavy atom. The van der Waals surface area contributed by atoms with Crippen LogP contribution < -0.4 is 10.6 Å². The summed E-state index contributed by atoms with van der Waals surface area (Å²) in [5, 5.41) is 6.82. The molecule has 146 valence electrons. The molecule has 1 saturated heterocycles. The topological polar surface area (TPSA) is 73.8 Å². The van der Waals surface area contributed by atoms with Crippen molar-refractivity contribution in [3.63, 3.8) is 0 Å². The zero-order chi connectivity index (χ0) is 19.2. The average molecular weight is 381 g/mol. The predicted molar refractivity (Wildman–Crippen MR) is 108 cm³/mol. The van der Waals surface area contributed by atoms with E-state index in [1.807, 2.05) is 0 Å². The van der Waals surface area contributed by atoms with Crippen LogP contribution in [0.3, 0.4) is 0 Å². The molecule has 0 saturated carbocycles. The smallest absolute Gasteiger partial charge is 0.213 e. The Hall–Kier alpha value is -1.60. The molecule has 6 nitrogen and oxygen atoms in total. The number of nitrogens with one attached hydrogen (secondary N) is 2. The molecule has 0 aromatic heterocycles. The van der Waals surface area contributed by atoms with Crippen LogP contribution in [0.2, 0.25) is 0 Å². The highest BCUT2D eigenvalue weighted by Gasteiger charge is 2.27. The Balaban J connectivity index is 1.80. The van der Waals surface area contributed by atoms with E-state index in [0.717, 1.165) is 25.3 Å². The van der Waals surface area contributed by atoms with E-state index in [1.54, 1.807) is 18.3 Å². The van der Waals surface area contributed by atoms with E-state index in [4.69, 9.17) is 0 Å². The van der Waals surface area contributed by atoms with Gasteiger partial charge in [-0.1, -0.05) is 36.8 Å². The predicted octanol–water partition coefficient (Wildman–Crippen LogP) is 2.08. The van der Waals surface area contributed by atoms with Gasteiger partial charge in [-0.25, -0.2) is 12.7 Å². The summed E-state index contributed by atoms with van der Waals surface area (Å²) in [4.78, 5) is 4.31. The molecule has 1 fully saturated rings. The summed E-state index contributed by atoms with van der Waals surface area (Å²) in [7, 11) is -1.31. The van der Waals surface area contributed by atoms with E-state index >= 15 is 0 Å². The first-order valence-electron chi connectivity index (χ1n) is 9.37. The number of rotatable bonds is 6. The lowest BCUT2D eigenvalue weighted by atomic mass is 10.0. The minimum absolute atomic E-state index is 0.172. The summed E-state index contributed by atoms with van der Waals surface area (Å²) in [6.45, 7) is 7.93. The van der Waals surface area contributed by atoms with Crippen LogP contribution in [0.25, 0.3) is 0 Å². The van der Waals surface area contributed by atoms with Gasteiger partial charge in [0, 0.05) is 32.7 Å². The molecule has 26 heavy (non-hydrogen) atoms. The van der Waals surface area contributed by atoms with Crippen LogP contribution in [0.1, 0.15) is 43.7 Å². The van der Waals surface area contributed by atoms with E-state index in [1.165, 1.54) is 11.1 Å². The summed E-state index contributed by atoms with van der Waals surface area (Å²) >= 11 is 0. The number of sulfonamides is 1. The van der Waals surface area contributed by atoms with Gasteiger partial charge >= 0.3 is 0 Å². The second-order valence-corrected chi connectivity index (χ2v) is 9.24. The molecule has 1 aliphatic rings. The van der Waals surface area contributed by atoms with Gasteiger partial charge in [0.05, 0.1) is 5.75 Å². The van der Waals surface area contributed by atoms with Crippen LogP contribution in [-0.2, 0) is 10.0 Å². The highest BCUT2D eigenvalue weighted by molar-refractivity contribution is 7.89. The van der Waals surface area contributed by atoms with Crippen LogP contribution in [0.15, 0.2) is 29.3 Å². The molecular formula is C19H32N4O2S. The lowest BCUT2D eigenvalue weighted by Crippen LogP contribution is -2.50. The summed E-state index contributed by atoms with van der Waals surface area (Å²) in [6.07, 6.45) is 1.60. The molecule has 7 heteroatoms. The lowest BCUT2D eigenvalue weighted by molar-refractivity contribution is 0.306. The Labute approximate surface area is 158 Å². The van der Waals surface area contributed by atoms with Crippen LogP contribution in [0.5, 0.6) is 0 Å². The number of aliphatic imine (C=N–C) groups is 1. The summed E-state index contributed by atoms with van der Waals surface area (Å²) in [5.41, 5.74) is 2.57. The molecule has 1 atom stereocenters. The molecule has 1 aliphatic heterocycles. The Bertz CT molecular complexity index is 693.